The fourth-order valence-corrected chi connectivity index (χ4v) is 1.56. The van der Waals surface area contributed by atoms with E-state index in [-0.39, 0.29) is 0 Å². The number of ether oxygens (including phenoxy) is 1. The van der Waals surface area contributed by atoms with Crippen molar-refractivity contribution in [2.45, 2.75) is 32.2 Å². The third kappa shape index (κ3) is 3.60. The van der Waals surface area contributed by atoms with Gasteiger partial charge < -0.3 is 15.0 Å². The molecule has 0 fully saturated rings. The van der Waals surface area contributed by atoms with Crippen LogP contribution in [0.15, 0.2) is 6.33 Å². The quantitative estimate of drug-likeness (QED) is 0.725. The van der Waals surface area contributed by atoms with Crippen molar-refractivity contribution in [1.82, 2.24) is 14.8 Å². The molecule has 0 spiro atoms. The highest BCUT2D eigenvalue weighted by molar-refractivity contribution is 4.94. The van der Waals surface area contributed by atoms with E-state index in [0.717, 1.165) is 31.8 Å². The number of methoxy groups -OCH3 is 1. The molecule has 1 heterocycles. The van der Waals surface area contributed by atoms with Crippen LogP contribution in [0, 0.1) is 0 Å². The molecule has 0 saturated carbocycles. The first-order valence-corrected chi connectivity index (χ1v) is 5.36. The van der Waals surface area contributed by atoms with E-state index >= 15 is 0 Å². The van der Waals surface area contributed by atoms with Gasteiger partial charge in [0.2, 0.25) is 0 Å². The summed E-state index contributed by atoms with van der Waals surface area (Å²) < 4.78 is 7.08. The number of hydrogen-bond donors (Lipinski definition) is 1. The molecule has 15 heavy (non-hydrogen) atoms. The van der Waals surface area contributed by atoms with Gasteiger partial charge in [-0.15, -0.1) is 10.2 Å². The maximum Gasteiger partial charge on any atom is 0.135 e. The van der Waals surface area contributed by atoms with Crippen molar-refractivity contribution in [3.63, 3.8) is 0 Å². The topological polar surface area (TPSA) is 66.0 Å². The van der Waals surface area contributed by atoms with E-state index in [4.69, 9.17) is 10.5 Å². The van der Waals surface area contributed by atoms with Crippen molar-refractivity contribution in [2.24, 2.45) is 5.73 Å². The Balaban J connectivity index is 2.54. The second-order valence-electron chi connectivity index (χ2n) is 3.71. The van der Waals surface area contributed by atoms with Crippen LogP contribution in [0.1, 0.15) is 31.5 Å². The number of rotatable bonds is 7. The molecule has 0 aliphatic carbocycles. The molecule has 5 nitrogen and oxygen atoms in total. The first-order chi connectivity index (χ1) is 7.29. The largest absolute Gasteiger partial charge is 0.383 e. The van der Waals surface area contributed by atoms with Crippen LogP contribution in [-0.4, -0.2) is 35.0 Å². The van der Waals surface area contributed by atoms with Gasteiger partial charge in [-0.05, 0) is 19.4 Å². The second kappa shape index (κ2) is 6.53. The fourth-order valence-electron chi connectivity index (χ4n) is 1.56. The molecule has 1 aromatic rings. The number of hydrogen-bond acceptors (Lipinski definition) is 4. The molecule has 0 aliphatic heterocycles. The highest BCUT2D eigenvalue weighted by Crippen LogP contribution is 2.17. The lowest BCUT2D eigenvalue weighted by atomic mass is 10.1. The standard InChI is InChI=1S/C10H20N4O/c1-9(4-3-5-11)10-13-12-8-14(10)6-7-15-2/h8-9H,3-7,11H2,1-2H3. The second-order valence-corrected chi connectivity index (χ2v) is 3.71. The van der Waals surface area contributed by atoms with Crippen LogP contribution in [0.4, 0.5) is 0 Å². The molecule has 1 atom stereocenters. The Kier molecular flexibility index (Phi) is 5.28. The average molecular weight is 212 g/mol. The lowest BCUT2D eigenvalue weighted by Crippen LogP contribution is -2.11. The Bertz CT molecular complexity index is 274. The predicted molar refractivity (Wildman–Crippen MR) is 58.6 cm³/mol. The van der Waals surface area contributed by atoms with Crippen LogP contribution < -0.4 is 5.73 Å². The minimum absolute atomic E-state index is 0.410. The first kappa shape index (κ1) is 12.1. The molecule has 2 N–H and O–H groups in total. The Hall–Kier alpha value is -0.940. The third-order valence-electron chi connectivity index (χ3n) is 2.46. The fraction of sp³-hybridized carbons (Fsp3) is 0.800. The average Bonchev–Trinajstić information content (AvgIpc) is 2.71. The van der Waals surface area contributed by atoms with Crippen LogP contribution in [0.2, 0.25) is 0 Å². The van der Waals surface area contributed by atoms with Crippen molar-refractivity contribution in [2.75, 3.05) is 20.3 Å². The van der Waals surface area contributed by atoms with Gasteiger partial charge in [-0.1, -0.05) is 6.92 Å². The van der Waals surface area contributed by atoms with E-state index in [1.807, 2.05) is 4.57 Å². The van der Waals surface area contributed by atoms with Crippen LogP contribution in [0.25, 0.3) is 0 Å². The summed E-state index contributed by atoms with van der Waals surface area (Å²) in [6.07, 6.45) is 3.84. The zero-order valence-corrected chi connectivity index (χ0v) is 9.52. The molecule has 0 saturated heterocycles. The van der Waals surface area contributed by atoms with Gasteiger partial charge in [-0.3, -0.25) is 0 Å². The summed E-state index contributed by atoms with van der Waals surface area (Å²) >= 11 is 0. The zero-order valence-electron chi connectivity index (χ0n) is 9.52. The van der Waals surface area contributed by atoms with Crippen LogP contribution in [0.5, 0.6) is 0 Å². The lowest BCUT2D eigenvalue weighted by molar-refractivity contribution is 0.185. The minimum Gasteiger partial charge on any atom is -0.383 e. The summed E-state index contributed by atoms with van der Waals surface area (Å²) in [4.78, 5) is 0. The van der Waals surface area contributed by atoms with Crippen LogP contribution in [-0.2, 0) is 11.3 Å². The third-order valence-corrected chi connectivity index (χ3v) is 2.46. The van der Waals surface area contributed by atoms with Crippen LogP contribution in [0.3, 0.4) is 0 Å². The van der Waals surface area contributed by atoms with E-state index in [1.165, 1.54) is 0 Å². The van der Waals surface area contributed by atoms with E-state index in [0.29, 0.717) is 12.5 Å². The van der Waals surface area contributed by atoms with Crippen molar-refractivity contribution >= 4 is 0 Å². The van der Waals surface area contributed by atoms with Gasteiger partial charge in [0.25, 0.3) is 0 Å². The zero-order chi connectivity index (χ0) is 11.1. The maximum absolute atomic E-state index is 5.49. The van der Waals surface area contributed by atoms with Gasteiger partial charge in [0.05, 0.1) is 6.61 Å². The van der Waals surface area contributed by atoms with Crippen molar-refractivity contribution < 1.29 is 4.74 Å². The molecule has 0 amide bonds. The molecule has 1 unspecified atom stereocenters. The van der Waals surface area contributed by atoms with E-state index in [2.05, 4.69) is 17.1 Å². The Morgan fingerprint density at radius 3 is 3.07 bits per heavy atom. The normalized spacial score (nSPS) is 13.0. The van der Waals surface area contributed by atoms with E-state index in [1.54, 1.807) is 13.4 Å². The van der Waals surface area contributed by atoms with Gasteiger partial charge in [-0.25, -0.2) is 0 Å². The van der Waals surface area contributed by atoms with Crippen molar-refractivity contribution in [1.29, 1.82) is 0 Å². The molecule has 0 aromatic carbocycles. The minimum atomic E-state index is 0.410. The summed E-state index contributed by atoms with van der Waals surface area (Å²) in [5.74, 6) is 1.44. The molecular formula is C10H20N4O. The van der Waals surface area contributed by atoms with Crippen molar-refractivity contribution in [3.8, 4) is 0 Å². The lowest BCUT2D eigenvalue weighted by Gasteiger charge is -2.11. The molecule has 1 aromatic heterocycles. The molecule has 0 bridgehead atoms. The predicted octanol–water partition coefficient (Wildman–Crippen LogP) is 0.767. The summed E-state index contributed by atoms with van der Waals surface area (Å²) in [5.41, 5.74) is 5.49. The monoisotopic (exact) mass is 212 g/mol. The number of nitrogens with zero attached hydrogens (tertiary/aromatic N) is 3. The maximum atomic E-state index is 5.49. The summed E-state index contributed by atoms with van der Waals surface area (Å²) in [6, 6.07) is 0. The highest BCUT2D eigenvalue weighted by atomic mass is 16.5. The van der Waals surface area contributed by atoms with Gasteiger partial charge in [0, 0.05) is 19.6 Å². The Morgan fingerprint density at radius 1 is 1.60 bits per heavy atom. The van der Waals surface area contributed by atoms with E-state index in [9.17, 15) is 0 Å². The van der Waals surface area contributed by atoms with Gasteiger partial charge in [0.1, 0.15) is 12.2 Å². The molecule has 86 valence electrons. The van der Waals surface area contributed by atoms with Gasteiger partial charge >= 0.3 is 0 Å². The Labute approximate surface area is 90.6 Å². The smallest absolute Gasteiger partial charge is 0.135 e. The van der Waals surface area contributed by atoms with Gasteiger partial charge in [0.15, 0.2) is 0 Å². The summed E-state index contributed by atoms with van der Waals surface area (Å²) in [5, 5.41) is 8.07. The summed E-state index contributed by atoms with van der Waals surface area (Å²) in [6.45, 7) is 4.39. The van der Waals surface area contributed by atoms with E-state index < -0.39 is 0 Å². The number of aromatic nitrogens is 3. The SMILES string of the molecule is COCCn1cnnc1C(C)CCCN. The Morgan fingerprint density at radius 2 is 2.40 bits per heavy atom. The summed E-state index contributed by atoms with van der Waals surface area (Å²) in [7, 11) is 1.70. The van der Waals surface area contributed by atoms with Crippen molar-refractivity contribution in [3.05, 3.63) is 12.2 Å². The molecule has 5 heteroatoms. The molecule has 0 aliphatic rings. The molecular weight excluding hydrogens is 192 g/mol. The highest BCUT2D eigenvalue weighted by Gasteiger charge is 2.12. The first-order valence-electron chi connectivity index (χ1n) is 5.36. The molecule has 1 rings (SSSR count). The van der Waals surface area contributed by atoms with Crippen LogP contribution >= 0.6 is 0 Å². The van der Waals surface area contributed by atoms with Gasteiger partial charge in [-0.2, -0.15) is 0 Å². The molecule has 0 radical (unpaired) electrons. The number of nitrogens with two attached hydrogens (primary N) is 1.